The number of benzene rings is 1. The van der Waals surface area contributed by atoms with E-state index in [0.29, 0.717) is 12.5 Å². The lowest BCUT2D eigenvalue weighted by molar-refractivity contribution is 0.708. The molecule has 0 spiro atoms. The number of nitrogens with one attached hydrogen (secondary N) is 1. The molecule has 0 bridgehead atoms. The van der Waals surface area contributed by atoms with Crippen molar-refractivity contribution in [2.45, 2.75) is 32.7 Å². The Hall–Kier alpha value is -1.71. The number of nitrogens with zero attached hydrogens (tertiary/aromatic N) is 2. The minimum atomic E-state index is 0.179. The van der Waals surface area contributed by atoms with Crippen LogP contribution in [-0.4, -0.2) is 25.6 Å². The van der Waals surface area contributed by atoms with E-state index in [1.807, 2.05) is 6.92 Å². The zero-order valence-electron chi connectivity index (χ0n) is 11.9. The van der Waals surface area contributed by atoms with Crippen LogP contribution in [0, 0.1) is 0 Å². The predicted octanol–water partition coefficient (Wildman–Crippen LogP) is 2.27. The topological polar surface area (TPSA) is 53.6 Å². The van der Waals surface area contributed by atoms with Crippen molar-refractivity contribution >= 4 is 11.6 Å². The number of hydrogen-bond acceptors (Lipinski definition) is 2. The van der Waals surface area contributed by atoms with E-state index in [0.717, 1.165) is 0 Å². The van der Waals surface area contributed by atoms with Crippen LogP contribution in [0.1, 0.15) is 38.3 Å². The van der Waals surface area contributed by atoms with Crippen LogP contribution in [0.15, 0.2) is 29.3 Å². The molecule has 1 aromatic carbocycles. The maximum Gasteiger partial charge on any atom is 0.189 e. The highest BCUT2D eigenvalue weighted by Gasteiger charge is 2.14. The van der Waals surface area contributed by atoms with Crippen LogP contribution in [0.2, 0.25) is 0 Å². The number of anilines is 1. The fraction of sp³-hybridized carbons (Fsp3) is 0.533. The van der Waals surface area contributed by atoms with Gasteiger partial charge in [0, 0.05) is 25.3 Å². The maximum absolute atomic E-state index is 5.81. The van der Waals surface area contributed by atoms with Gasteiger partial charge in [-0.1, -0.05) is 12.1 Å². The second-order valence-electron chi connectivity index (χ2n) is 5.01. The molecule has 0 radical (unpaired) electrons. The number of nitrogens with two attached hydrogens (primary N) is 1. The van der Waals surface area contributed by atoms with Crippen molar-refractivity contribution in [3.05, 3.63) is 29.8 Å². The van der Waals surface area contributed by atoms with Gasteiger partial charge in [0.05, 0.1) is 6.04 Å². The second kappa shape index (κ2) is 6.45. The number of guanidine groups is 1. The van der Waals surface area contributed by atoms with E-state index in [9.17, 15) is 0 Å². The van der Waals surface area contributed by atoms with E-state index in [2.05, 4.69) is 46.4 Å². The first-order chi connectivity index (χ1) is 9.20. The summed E-state index contributed by atoms with van der Waals surface area (Å²) >= 11 is 0. The third-order valence-corrected chi connectivity index (χ3v) is 3.53. The van der Waals surface area contributed by atoms with E-state index in [1.165, 1.54) is 37.2 Å². The number of aliphatic imine (C=N–C) groups is 1. The molecule has 2 rings (SSSR count). The molecule has 4 nitrogen and oxygen atoms in total. The summed E-state index contributed by atoms with van der Waals surface area (Å²) in [6.07, 6.45) is 2.60. The molecule has 1 unspecified atom stereocenters. The number of hydrogen-bond donors (Lipinski definition) is 2. The molecule has 19 heavy (non-hydrogen) atoms. The van der Waals surface area contributed by atoms with Crippen LogP contribution < -0.4 is 16.0 Å². The van der Waals surface area contributed by atoms with E-state index in [1.54, 1.807) is 0 Å². The molecule has 0 aromatic heterocycles. The Balaban J connectivity index is 2.07. The highest BCUT2D eigenvalue weighted by atomic mass is 15.1. The van der Waals surface area contributed by atoms with Crippen molar-refractivity contribution in [1.82, 2.24) is 5.32 Å². The minimum absolute atomic E-state index is 0.179. The summed E-state index contributed by atoms with van der Waals surface area (Å²) in [6, 6.07) is 8.87. The Bertz CT molecular complexity index is 436. The van der Waals surface area contributed by atoms with Crippen molar-refractivity contribution in [3.63, 3.8) is 0 Å². The summed E-state index contributed by atoms with van der Waals surface area (Å²) in [5.74, 6) is 0.515. The molecule has 0 saturated carbocycles. The van der Waals surface area contributed by atoms with Crippen LogP contribution in [0.25, 0.3) is 0 Å². The summed E-state index contributed by atoms with van der Waals surface area (Å²) in [5, 5.41) is 3.22. The third-order valence-electron chi connectivity index (χ3n) is 3.53. The molecular weight excluding hydrogens is 236 g/mol. The van der Waals surface area contributed by atoms with Crippen LogP contribution in [0.3, 0.4) is 0 Å². The van der Waals surface area contributed by atoms with Gasteiger partial charge in [-0.25, -0.2) is 0 Å². The summed E-state index contributed by atoms with van der Waals surface area (Å²) in [4.78, 5) is 6.61. The molecule has 1 aliphatic rings. The fourth-order valence-electron chi connectivity index (χ4n) is 2.49. The lowest BCUT2D eigenvalue weighted by Gasteiger charge is -2.21. The summed E-state index contributed by atoms with van der Waals surface area (Å²) < 4.78 is 0. The average molecular weight is 260 g/mol. The molecule has 0 amide bonds. The monoisotopic (exact) mass is 260 g/mol. The Morgan fingerprint density at radius 3 is 2.84 bits per heavy atom. The minimum Gasteiger partial charge on any atom is -0.372 e. The molecule has 104 valence electrons. The van der Waals surface area contributed by atoms with Crippen LogP contribution in [0.5, 0.6) is 0 Å². The van der Waals surface area contributed by atoms with Gasteiger partial charge in [0.2, 0.25) is 0 Å². The van der Waals surface area contributed by atoms with Gasteiger partial charge in [0.15, 0.2) is 5.96 Å². The lowest BCUT2D eigenvalue weighted by Crippen LogP contribution is -2.34. The van der Waals surface area contributed by atoms with Gasteiger partial charge >= 0.3 is 0 Å². The first-order valence-electron chi connectivity index (χ1n) is 7.12. The smallest absolute Gasteiger partial charge is 0.189 e. The van der Waals surface area contributed by atoms with Crippen molar-refractivity contribution in [2.24, 2.45) is 10.7 Å². The molecule has 1 aliphatic heterocycles. The van der Waals surface area contributed by atoms with Gasteiger partial charge in [-0.3, -0.25) is 4.99 Å². The van der Waals surface area contributed by atoms with Crippen molar-refractivity contribution < 1.29 is 0 Å². The van der Waals surface area contributed by atoms with Gasteiger partial charge in [-0.15, -0.1) is 0 Å². The standard InChI is InChI=1S/C15H24N4/c1-3-17-15(16)18-12(2)13-7-6-8-14(11-13)19-9-4-5-10-19/h6-8,11-12H,3-5,9-10H2,1-2H3,(H3,16,17,18). The second-order valence-corrected chi connectivity index (χ2v) is 5.01. The third kappa shape index (κ3) is 3.63. The molecule has 0 aliphatic carbocycles. The van der Waals surface area contributed by atoms with Gasteiger partial charge in [0.1, 0.15) is 0 Å². The Kier molecular flexibility index (Phi) is 4.66. The zero-order valence-corrected chi connectivity index (χ0v) is 11.9. The number of rotatable bonds is 4. The summed E-state index contributed by atoms with van der Waals surface area (Å²) in [7, 11) is 0. The Morgan fingerprint density at radius 1 is 1.42 bits per heavy atom. The van der Waals surface area contributed by atoms with Crippen molar-refractivity contribution in [3.8, 4) is 0 Å². The summed E-state index contributed by atoms with van der Waals surface area (Å²) in [6.45, 7) is 7.14. The molecule has 1 saturated heterocycles. The SMILES string of the molecule is CCN=C(N)NC(C)c1cccc(N2CCCC2)c1. The fourth-order valence-corrected chi connectivity index (χ4v) is 2.49. The quantitative estimate of drug-likeness (QED) is 0.645. The Labute approximate surface area is 115 Å². The first-order valence-corrected chi connectivity index (χ1v) is 7.12. The van der Waals surface area contributed by atoms with Gasteiger partial charge in [-0.2, -0.15) is 0 Å². The molecule has 1 heterocycles. The highest BCUT2D eigenvalue weighted by molar-refractivity contribution is 5.78. The van der Waals surface area contributed by atoms with E-state index >= 15 is 0 Å². The van der Waals surface area contributed by atoms with Crippen molar-refractivity contribution in [2.75, 3.05) is 24.5 Å². The highest BCUT2D eigenvalue weighted by Crippen LogP contribution is 2.23. The van der Waals surface area contributed by atoms with E-state index in [-0.39, 0.29) is 6.04 Å². The van der Waals surface area contributed by atoms with Crippen molar-refractivity contribution in [1.29, 1.82) is 0 Å². The van der Waals surface area contributed by atoms with Crippen LogP contribution in [-0.2, 0) is 0 Å². The predicted molar refractivity (Wildman–Crippen MR) is 81.6 cm³/mol. The van der Waals surface area contributed by atoms with Gasteiger partial charge in [-0.05, 0) is 44.4 Å². The molecule has 4 heteroatoms. The molecule has 1 aromatic rings. The molecule has 1 atom stereocenters. The lowest BCUT2D eigenvalue weighted by atomic mass is 10.1. The summed E-state index contributed by atoms with van der Waals surface area (Å²) in [5.41, 5.74) is 8.37. The van der Waals surface area contributed by atoms with Crippen LogP contribution in [0.4, 0.5) is 5.69 Å². The Morgan fingerprint density at radius 2 is 2.16 bits per heavy atom. The van der Waals surface area contributed by atoms with E-state index < -0.39 is 0 Å². The molecule has 1 fully saturated rings. The normalized spacial score (nSPS) is 17.6. The van der Waals surface area contributed by atoms with Gasteiger partial charge in [0.25, 0.3) is 0 Å². The maximum atomic E-state index is 5.81. The largest absolute Gasteiger partial charge is 0.372 e. The zero-order chi connectivity index (χ0) is 13.7. The van der Waals surface area contributed by atoms with E-state index in [4.69, 9.17) is 5.73 Å². The first kappa shape index (κ1) is 13.7. The average Bonchev–Trinajstić information content (AvgIpc) is 2.93. The van der Waals surface area contributed by atoms with Crippen LogP contribution >= 0.6 is 0 Å². The van der Waals surface area contributed by atoms with Gasteiger partial charge < -0.3 is 16.0 Å². The molecule has 3 N–H and O–H groups in total. The molecular formula is C15H24N4.